The van der Waals surface area contributed by atoms with Crippen LogP contribution in [0.1, 0.15) is 48.5 Å². The number of carbonyl (C=O) groups is 2. The van der Waals surface area contributed by atoms with Crippen LogP contribution in [0, 0.1) is 12.8 Å². The molecule has 0 aliphatic heterocycles. The van der Waals surface area contributed by atoms with Gasteiger partial charge < -0.3 is 10.4 Å². The lowest BCUT2D eigenvalue weighted by atomic mass is 9.88. The van der Waals surface area contributed by atoms with E-state index in [0.29, 0.717) is 17.2 Å². The molecule has 2 rings (SSSR count). The molecule has 1 saturated carbocycles. The maximum Gasteiger partial charge on any atom is 0.335 e. The number of aromatic carboxylic acids is 1. The van der Waals surface area contributed by atoms with Crippen molar-refractivity contribution in [3.05, 3.63) is 29.3 Å². The number of carboxylic acid groups (broad SMARTS) is 1. The molecule has 0 atom stereocenters. The van der Waals surface area contributed by atoms with E-state index in [1.807, 2.05) is 0 Å². The third kappa shape index (κ3) is 5.82. The van der Waals surface area contributed by atoms with E-state index >= 15 is 0 Å². The van der Waals surface area contributed by atoms with Crippen LogP contribution in [-0.2, 0) is 14.8 Å². The molecule has 138 valence electrons. The van der Waals surface area contributed by atoms with Crippen LogP contribution in [0.25, 0.3) is 0 Å². The molecule has 1 aliphatic rings. The van der Waals surface area contributed by atoms with E-state index in [1.165, 1.54) is 18.2 Å². The van der Waals surface area contributed by atoms with Gasteiger partial charge in [0, 0.05) is 11.7 Å². The molecule has 7 nitrogen and oxygen atoms in total. The number of rotatable bonds is 6. The fraction of sp³-hybridized carbons (Fsp3) is 0.529. The minimum absolute atomic E-state index is 0.105. The molecular formula is C17H24N2O5S. The third-order valence-electron chi connectivity index (χ3n) is 4.42. The van der Waals surface area contributed by atoms with E-state index in [4.69, 9.17) is 5.11 Å². The first-order valence-corrected chi connectivity index (χ1v) is 9.95. The van der Waals surface area contributed by atoms with Crippen molar-refractivity contribution in [3.63, 3.8) is 0 Å². The highest BCUT2D eigenvalue weighted by atomic mass is 32.2. The standard InChI is InChI=1S/C17H24N2O5S/c1-11-3-5-13(6-4-11)19-25(23,24)10-16(20)18-14-7-8-15(17(21)22)12(2)9-14/h7-9,11,13,19H,3-6,10H2,1-2H3,(H,18,20)(H,21,22). The molecule has 0 radical (unpaired) electrons. The number of amides is 1. The lowest BCUT2D eigenvalue weighted by Crippen LogP contribution is -2.41. The summed E-state index contributed by atoms with van der Waals surface area (Å²) in [5.41, 5.74) is 0.996. The molecular weight excluding hydrogens is 344 g/mol. The Kier molecular flexibility index (Phi) is 6.18. The largest absolute Gasteiger partial charge is 0.478 e. The van der Waals surface area contributed by atoms with Gasteiger partial charge in [-0.15, -0.1) is 0 Å². The predicted octanol–water partition coefficient (Wildman–Crippen LogP) is 2.13. The Hall–Kier alpha value is -1.93. The van der Waals surface area contributed by atoms with Crippen molar-refractivity contribution < 1.29 is 23.1 Å². The number of hydrogen-bond acceptors (Lipinski definition) is 4. The Morgan fingerprint density at radius 2 is 1.84 bits per heavy atom. The van der Waals surface area contributed by atoms with Crippen LogP contribution in [-0.4, -0.2) is 37.2 Å². The molecule has 0 aromatic heterocycles. The molecule has 25 heavy (non-hydrogen) atoms. The molecule has 3 N–H and O–H groups in total. The summed E-state index contributed by atoms with van der Waals surface area (Å²) >= 11 is 0. The average molecular weight is 368 g/mol. The van der Waals surface area contributed by atoms with Gasteiger partial charge in [-0.2, -0.15) is 0 Å². The summed E-state index contributed by atoms with van der Waals surface area (Å²) in [6.45, 7) is 3.76. The molecule has 0 saturated heterocycles. The summed E-state index contributed by atoms with van der Waals surface area (Å²) in [7, 11) is -3.71. The van der Waals surface area contributed by atoms with Gasteiger partial charge in [-0.1, -0.05) is 6.92 Å². The summed E-state index contributed by atoms with van der Waals surface area (Å²) < 4.78 is 26.9. The Morgan fingerprint density at radius 3 is 2.40 bits per heavy atom. The van der Waals surface area contributed by atoms with Crippen LogP contribution < -0.4 is 10.0 Å². The summed E-state index contributed by atoms with van der Waals surface area (Å²) in [5, 5.41) is 11.5. The molecule has 1 aromatic rings. The highest BCUT2D eigenvalue weighted by Gasteiger charge is 2.24. The number of aryl methyl sites for hydroxylation is 1. The molecule has 0 spiro atoms. The minimum Gasteiger partial charge on any atom is -0.478 e. The minimum atomic E-state index is -3.71. The number of sulfonamides is 1. The van der Waals surface area contributed by atoms with Crippen molar-refractivity contribution in [3.8, 4) is 0 Å². The molecule has 0 heterocycles. The van der Waals surface area contributed by atoms with E-state index in [9.17, 15) is 18.0 Å². The van der Waals surface area contributed by atoms with E-state index in [0.717, 1.165) is 25.7 Å². The van der Waals surface area contributed by atoms with Gasteiger partial charge >= 0.3 is 5.97 Å². The number of carboxylic acids is 1. The van der Waals surface area contributed by atoms with Crippen molar-refractivity contribution in [1.82, 2.24) is 4.72 Å². The maximum absolute atomic E-state index is 12.1. The smallest absolute Gasteiger partial charge is 0.335 e. The van der Waals surface area contributed by atoms with Gasteiger partial charge in [-0.05, 0) is 62.3 Å². The van der Waals surface area contributed by atoms with Crippen LogP contribution in [0.2, 0.25) is 0 Å². The van der Waals surface area contributed by atoms with Crippen molar-refractivity contribution in [2.24, 2.45) is 5.92 Å². The van der Waals surface area contributed by atoms with Gasteiger partial charge in [0.15, 0.2) is 0 Å². The van der Waals surface area contributed by atoms with Crippen LogP contribution in [0.4, 0.5) is 5.69 Å². The Labute approximate surface area is 147 Å². The van der Waals surface area contributed by atoms with Gasteiger partial charge in [0.25, 0.3) is 0 Å². The van der Waals surface area contributed by atoms with Crippen molar-refractivity contribution in [2.75, 3.05) is 11.1 Å². The Bertz CT molecular complexity index is 752. The van der Waals surface area contributed by atoms with Gasteiger partial charge in [-0.3, -0.25) is 4.79 Å². The van der Waals surface area contributed by atoms with Gasteiger partial charge in [0.05, 0.1) is 5.56 Å². The second kappa shape index (κ2) is 7.97. The first-order valence-electron chi connectivity index (χ1n) is 8.30. The van der Waals surface area contributed by atoms with Crippen LogP contribution in [0.3, 0.4) is 0 Å². The first-order chi connectivity index (χ1) is 11.7. The number of carbonyl (C=O) groups excluding carboxylic acids is 1. The quantitative estimate of drug-likeness (QED) is 0.712. The van der Waals surface area contributed by atoms with Crippen LogP contribution in [0.15, 0.2) is 18.2 Å². The SMILES string of the molecule is Cc1cc(NC(=O)CS(=O)(=O)NC2CCC(C)CC2)ccc1C(=O)O. The van der Waals surface area contributed by atoms with Crippen LogP contribution >= 0.6 is 0 Å². The highest BCUT2D eigenvalue weighted by Crippen LogP contribution is 2.24. The zero-order valence-electron chi connectivity index (χ0n) is 14.4. The zero-order valence-corrected chi connectivity index (χ0v) is 15.2. The monoisotopic (exact) mass is 368 g/mol. The molecule has 1 aromatic carbocycles. The van der Waals surface area contributed by atoms with Crippen LogP contribution in [0.5, 0.6) is 0 Å². The second-order valence-electron chi connectivity index (χ2n) is 6.72. The van der Waals surface area contributed by atoms with Crippen molar-refractivity contribution in [2.45, 2.75) is 45.6 Å². The average Bonchev–Trinajstić information content (AvgIpc) is 2.48. The topological polar surface area (TPSA) is 113 Å². The summed E-state index contributed by atoms with van der Waals surface area (Å²) in [6.07, 6.45) is 3.54. The summed E-state index contributed by atoms with van der Waals surface area (Å²) in [5.74, 6) is -1.75. The number of hydrogen-bond donors (Lipinski definition) is 3. The molecule has 1 aliphatic carbocycles. The molecule has 0 bridgehead atoms. The Morgan fingerprint density at radius 1 is 1.20 bits per heavy atom. The normalized spacial score (nSPS) is 20.9. The molecule has 1 fully saturated rings. The van der Waals surface area contributed by atoms with E-state index in [2.05, 4.69) is 17.0 Å². The maximum atomic E-state index is 12.1. The summed E-state index contributed by atoms with van der Waals surface area (Å²) in [6, 6.07) is 4.22. The van der Waals surface area contributed by atoms with E-state index < -0.39 is 27.7 Å². The van der Waals surface area contributed by atoms with Gasteiger partial charge in [0.1, 0.15) is 5.75 Å². The van der Waals surface area contributed by atoms with Gasteiger partial charge in [-0.25, -0.2) is 17.9 Å². The third-order valence-corrected chi connectivity index (χ3v) is 5.76. The fourth-order valence-electron chi connectivity index (χ4n) is 3.02. The predicted molar refractivity (Wildman–Crippen MR) is 95.1 cm³/mol. The molecule has 8 heteroatoms. The Balaban J connectivity index is 1.92. The van der Waals surface area contributed by atoms with Crippen molar-refractivity contribution in [1.29, 1.82) is 0 Å². The molecule has 1 amide bonds. The number of nitrogens with one attached hydrogen (secondary N) is 2. The molecule has 0 unspecified atom stereocenters. The fourth-order valence-corrected chi connectivity index (χ4v) is 4.27. The highest BCUT2D eigenvalue weighted by molar-refractivity contribution is 7.90. The summed E-state index contributed by atoms with van der Waals surface area (Å²) in [4.78, 5) is 23.0. The van der Waals surface area contributed by atoms with E-state index in [1.54, 1.807) is 6.92 Å². The number of benzene rings is 1. The van der Waals surface area contributed by atoms with Crippen molar-refractivity contribution >= 4 is 27.6 Å². The van der Waals surface area contributed by atoms with Gasteiger partial charge in [0.2, 0.25) is 15.9 Å². The number of anilines is 1. The zero-order chi connectivity index (χ0) is 18.6. The first kappa shape index (κ1) is 19.4. The van der Waals surface area contributed by atoms with E-state index in [-0.39, 0.29) is 11.6 Å². The lowest BCUT2D eigenvalue weighted by Gasteiger charge is -2.26. The lowest BCUT2D eigenvalue weighted by molar-refractivity contribution is -0.113. The second-order valence-corrected chi connectivity index (χ2v) is 8.47.